The predicted octanol–water partition coefficient (Wildman–Crippen LogP) is 1.56. The molecule has 2 aliphatic rings. The second kappa shape index (κ2) is 6.19. The van der Waals surface area contributed by atoms with Gasteiger partial charge in [-0.2, -0.15) is 5.26 Å². The van der Waals surface area contributed by atoms with Gasteiger partial charge in [-0.05, 0) is 50.6 Å². The summed E-state index contributed by atoms with van der Waals surface area (Å²) in [6.07, 6.45) is 6.65. The molecule has 2 fully saturated rings. The minimum atomic E-state index is 0.454. The van der Waals surface area contributed by atoms with Gasteiger partial charge in [0.25, 0.3) is 0 Å². The molecule has 5 nitrogen and oxygen atoms in total. The van der Waals surface area contributed by atoms with Gasteiger partial charge in [0.1, 0.15) is 23.9 Å². The van der Waals surface area contributed by atoms with E-state index in [1.54, 1.807) is 6.07 Å². The van der Waals surface area contributed by atoms with Gasteiger partial charge in [-0.15, -0.1) is 0 Å². The van der Waals surface area contributed by atoms with Crippen molar-refractivity contribution in [3.05, 3.63) is 18.1 Å². The van der Waals surface area contributed by atoms with Crippen molar-refractivity contribution < 1.29 is 0 Å². The standard InChI is InChI=1S/C15H21N5/c16-10-14-9-15(19-11-18-14)20-7-3-13(4-8-20)12-1-5-17-6-2-12/h9,11-13,17H,1-8H2. The first-order valence-electron chi connectivity index (χ1n) is 7.54. The average molecular weight is 271 g/mol. The fourth-order valence-electron chi connectivity index (χ4n) is 3.50. The van der Waals surface area contributed by atoms with Crippen LogP contribution in [0.1, 0.15) is 31.4 Å². The molecule has 20 heavy (non-hydrogen) atoms. The lowest BCUT2D eigenvalue weighted by atomic mass is 9.79. The van der Waals surface area contributed by atoms with Gasteiger partial charge in [-0.1, -0.05) is 0 Å². The van der Waals surface area contributed by atoms with Crippen LogP contribution >= 0.6 is 0 Å². The first kappa shape index (κ1) is 13.3. The Morgan fingerprint density at radius 3 is 2.50 bits per heavy atom. The molecule has 1 aromatic rings. The first-order chi connectivity index (χ1) is 9.86. The lowest BCUT2D eigenvalue weighted by molar-refractivity contribution is 0.221. The number of hydrogen-bond donors (Lipinski definition) is 1. The van der Waals surface area contributed by atoms with Crippen molar-refractivity contribution in [2.24, 2.45) is 11.8 Å². The van der Waals surface area contributed by atoms with Gasteiger partial charge in [0.15, 0.2) is 0 Å². The number of anilines is 1. The molecule has 0 unspecified atom stereocenters. The largest absolute Gasteiger partial charge is 0.356 e. The van der Waals surface area contributed by atoms with Crippen LogP contribution in [0, 0.1) is 23.2 Å². The summed E-state index contributed by atoms with van der Waals surface area (Å²) in [6, 6.07) is 3.88. The molecule has 0 aromatic carbocycles. The van der Waals surface area contributed by atoms with Crippen LogP contribution in [0.3, 0.4) is 0 Å². The molecule has 1 N–H and O–H groups in total. The molecule has 0 aliphatic carbocycles. The summed E-state index contributed by atoms with van der Waals surface area (Å²) < 4.78 is 0. The van der Waals surface area contributed by atoms with E-state index in [1.165, 1.54) is 45.1 Å². The molecule has 106 valence electrons. The molecule has 1 aromatic heterocycles. The highest BCUT2D eigenvalue weighted by Gasteiger charge is 2.27. The van der Waals surface area contributed by atoms with E-state index in [0.717, 1.165) is 30.7 Å². The van der Waals surface area contributed by atoms with E-state index in [1.807, 2.05) is 0 Å². The number of piperidine rings is 2. The number of rotatable bonds is 2. The number of aromatic nitrogens is 2. The Bertz CT molecular complexity index is 481. The normalized spacial score (nSPS) is 21.6. The third kappa shape index (κ3) is 2.91. The van der Waals surface area contributed by atoms with Crippen LogP contribution in [0.4, 0.5) is 5.82 Å². The maximum atomic E-state index is 8.91. The molecule has 0 radical (unpaired) electrons. The Balaban J connectivity index is 1.59. The van der Waals surface area contributed by atoms with Crippen molar-refractivity contribution in [3.63, 3.8) is 0 Å². The number of nitriles is 1. The van der Waals surface area contributed by atoms with Gasteiger partial charge in [-0.25, -0.2) is 9.97 Å². The summed E-state index contributed by atoms with van der Waals surface area (Å²) in [4.78, 5) is 10.5. The van der Waals surface area contributed by atoms with Crippen molar-refractivity contribution in [2.45, 2.75) is 25.7 Å². The van der Waals surface area contributed by atoms with Crippen molar-refractivity contribution in [1.29, 1.82) is 5.26 Å². The maximum absolute atomic E-state index is 8.91. The van der Waals surface area contributed by atoms with Crippen molar-refractivity contribution >= 4 is 5.82 Å². The van der Waals surface area contributed by atoms with Crippen LogP contribution in [-0.4, -0.2) is 36.1 Å². The fourth-order valence-corrected chi connectivity index (χ4v) is 3.50. The molecule has 5 heteroatoms. The van der Waals surface area contributed by atoms with Crippen molar-refractivity contribution in [2.75, 3.05) is 31.1 Å². The summed E-state index contributed by atoms with van der Waals surface area (Å²) in [5.74, 6) is 2.67. The Morgan fingerprint density at radius 1 is 1.10 bits per heavy atom. The van der Waals surface area contributed by atoms with Gasteiger partial charge < -0.3 is 10.2 Å². The SMILES string of the molecule is N#Cc1cc(N2CCC(C3CCNCC3)CC2)ncn1. The van der Waals surface area contributed by atoms with Crippen molar-refractivity contribution in [3.8, 4) is 6.07 Å². The van der Waals surface area contributed by atoms with Crippen LogP contribution in [0.2, 0.25) is 0 Å². The molecule has 0 amide bonds. The summed E-state index contributed by atoms with van der Waals surface area (Å²) >= 11 is 0. The van der Waals surface area contributed by atoms with E-state index in [2.05, 4.69) is 26.3 Å². The molecular formula is C15H21N5. The summed E-state index contributed by atoms with van der Waals surface area (Å²) in [5.41, 5.74) is 0.454. The smallest absolute Gasteiger partial charge is 0.145 e. The minimum absolute atomic E-state index is 0.454. The Hall–Kier alpha value is -1.67. The fraction of sp³-hybridized carbons (Fsp3) is 0.667. The summed E-state index contributed by atoms with van der Waals surface area (Å²) in [7, 11) is 0. The number of hydrogen-bond acceptors (Lipinski definition) is 5. The quantitative estimate of drug-likeness (QED) is 0.884. The second-order valence-corrected chi connectivity index (χ2v) is 5.79. The first-order valence-corrected chi connectivity index (χ1v) is 7.54. The maximum Gasteiger partial charge on any atom is 0.145 e. The Kier molecular flexibility index (Phi) is 4.12. The van der Waals surface area contributed by atoms with Gasteiger partial charge >= 0.3 is 0 Å². The third-order valence-electron chi connectivity index (χ3n) is 4.68. The number of nitrogens with zero attached hydrogens (tertiary/aromatic N) is 4. The topological polar surface area (TPSA) is 64.8 Å². The Labute approximate surface area is 120 Å². The highest BCUT2D eigenvalue weighted by Crippen LogP contribution is 2.31. The van der Waals surface area contributed by atoms with E-state index in [0.29, 0.717) is 5.69 Å². The average Bonchev–Trinajstić information content (AvgIpc) is 2.56. The third-order valence-corrected chi connectivity index (χ3v) is 4.68. The zero-order valence-electron chi connectivity index (χ0n) is 11.8. The second-order valence-electron chi connectivity index (χ2n) is 5.79. The van der Waals surface area contributed by atoms with Gasteiger partial charge in [0.2, 0.25) is 0 Å². The lowest BCUT2D eigenvalue weighted by Crippen LogP contribution is -2.39. The zero-order chi connectivity index (χ0) is 13.8. The summed E-state index contributed by atoms with van der Waals surface area (Å²) in [5, 5.41) is 12.4. The van der Waals surface area contributed by atoms with E-state index >= 15 is 0 Å². The van der Waals surface area contributed by atoms with E-state index in [4.69, 9.17) is 5.26 Å². The van der Waals surface area contributed by atoms with Crippen LogP contribution in [0.15, 0.2) is 12.4 Å². The molecule has 3 heterocycles. The van der Waals surface area contributed by atoms with E-state index in [-0.39, 0.29) is 0 Å². The van der Waals surface area contributed by atoms with Crippen LogP contribution in [-0.2, 0) is 0 Å². The predicted molar refractivity (Wildman–Crippen MR) is 77.3 cm³/mol. The zero-order valence-corrected chi connectivity index (χ0v) is 11.8. The molecule has 0 bridgehead atoms. The van der Waals surface area contributed by atoms with E-state index < -0.39 is 0 Å². The minimum Gasteiger partial charge on any atom is -0.356 e. The monoisotopic (exact) mass is 271 g/mol. The van der Waals surface area contributed by atoms with Crippen molar-refractivity contribution in [1.82, 2.24) is 15.3 Å². The molecule has 3 rings (SSSR count). The van der Waals surface area contributed by atoms with E-state index in [9.17, 15) is 0 Å². The molecule has 0 spiro atoms. The van der Waals surface area contributed by atoms with Crippen LogP contribution in [0.25, 0.3) is 0 Å². The molecule has 0 saturated carbocycles. The highest BCUT2D eigenvalue weighted by molar-refractivity contribution is 5.42. The van der Waals surface area contributed by atoms with Gasteiger partial charge in [-0.3, -0.25) is 0 Å². The number of nitrogens with one attached hydrogen (secondary N) is 1. The highest BCUT2D eigenvalue weighted by atomic mass is 15.2. The summed E-state index contributed by atoms with van der Waals surface area (Å²) in [6.45, 7) is 4.47. The molecule has 2 aliphatic heterocycles. The van der Waals surface area contributed by atoms with Gasteiger partial charge in [0, 0.05) is 19.2 Å². The molecular weight excluding hydrogens is 250 g/mol. The molecule has 0 atom stereocenters. The molecule has 2 saturated heterocycles. The van der Waals surface area contributed by atoms with Crippen LogP contribution < -0.4 is 10.2 Å². The van der Waals surface area contributed by atoms with Gasteiger partial charge in [0.05, 0.1) is 0 Å². The lowest BCUT2D eigenvalue weighted by Gasteiger charge is -2.38. The Morgan fingerprint density at radius 2 is 1.80 bits per heavy atom. The van der Waals surface area contributed by atoms with Crippen LogP contribution in [0.5, 0.6) is 0 Å².